The lowest BCUT2D eigenvalue weighted by Gasteiger charge is -2.45. The van der Waals surface area contributed by atoms with Gasteiger partial charge in [-0.25, -0.2) is 0 Å². The Kier molecular flexibility index (Phi) is 2.15. The molecule has 1 atom stereocenters. The monoisotopic (exact) mass is 168 g/mol. The Morgan fingerprint density at radius 2 is 2.00 bits per heavy atom. The van der Waals surface area contributed by atoms with E-state index in [2.05, 4.69) is 26.8 Å². The number of hydrogen-bond acceptors (Lipinski definition) is 3. The minimum absolute atomic E-state index is 0.0283. The maximum absolute atomic E-state index is 8.96. The number of hydrogen-bond donors (Lipinski definition) is 1. The third-order valence-electron chi connectivity index (χ3n) is 2.47. The van der Waals surface area contributed by atoms with Crippen LogP contribution in [0.1, 0.15) is 20.8 Å². The Balaban J connectivity index is 2.75. The van der Waals surface area contributed by atoms with E-state index >= 15 is 0 Å². The van der Waals surface area contributed by atoms with Crippen LogP contribution in [0.5, 0.6) is 0 Å². The molecule has 0 aromatic heterocycles. The van der Waals surface area contributed by atoms with E-state index in [0.29, 0.717) is 13.2 Å². The van der Waals surface area contributed by atoms with Crippen LogP contribution in [0.25, 0.3) is 0 Å². The van der Waals surface area contributed by atoms with Crippen molar-refractivity contribution in [3.8, 4) is 6.07 Å². The van der Waals surface area contributed by atoms with Crippen LogP contribution < -0.4 is 5.73 Å². The van der Waals surface area contributed by atoms with Crippen LogP contribution in [-0.4, -0.2) is 19.3 Å². The van der Waals surface area contributed by atoms with Gasteiger partial charge in [-0.3, -0.25) is 0 Å². The molecule has 0 radical (unpaired) electrons. The zero-order valence-corrected chi connectivity index (χ0v) is 7.92. The lowest BCUT2D eigenvalue weighted by molar-refractivity contribution is -0.107. The second-order valence-corrected chi connectivity index (χ2v) is 4.60. The van der Waals surface area contributed by atoms with Crippen LogP contribution in [0.2, 0.25) is 0 Å². The summed E-state index contributed by atoms with van der Waals surface area (Å²) in [6, 6.07) is 2.16. The average molecular weight is 168 g/mol. The maximum atomic E-state index is 8.96. The molecule has 0 aliphatic carbocycles. The predicted molar refractivity (Wildman–Crippen MR) is 46.3 cm³/mol. The van der Waals surface area contributed by atoms with E-state index in [1.165, 1.54) is 0 Å². The number of ether oxygens (including phenoxy) is 1. The normalized spacial score (nSPS) is 23.9. The molecule has 0 saturated carbocycles. The summed E-state index contributed by atoms with van der Waals surface area (Å²) in [4.78, 5) is 0. The first-order chi connectivity index (χ1) is 5.42. The molecule has 1 aliphatic heterocycles. The van der Waals surface area contributed by atoms with Crippen LogP contribution in [0.4, 0.5) is 0 Å². The van der Waals surface area contributed by atoms with Crippen molar-refractivity contribution < 1.29 is 4.74 Å². The summed E-state index contributed by atoms with van der Waals surface area (Å²) >= 11 is 0. The van der Waals surface area contributed by atoms with Gasteiger partial charge in [0, 0.05) is 6.04 Å². The molecular formula is C9H16N2O. The summed E-state index contributed by atoms with van der Waals surface area (Å²) in [5.41, 5.74) is 5.54. The standard InChI is InChI=1S/C9H16N2O/c1-8(2,3)7(11)9(4-10)5-12-6-9/h7H,5-6,11H2,1-3H3. The molecule has 0 aromatic rings. The van der Waals surface area contributed by atoms with Crippen molar-refractivity contribution in [1.82, 2.24) is 0 Å². The molecule has 1 aliphatic rings. The zero-order chi connectivity index (χ0) is 9.41. The smallest absolute Gasteiger partial charge is 0.119 e. The van der Waals surface area contributed by atoms with Crippen molar-refractivity contribution in [3.63, 3.8) is 0 Å². The molecular weight excluding hydrogens is 152 g/mol. The number of nitrogens with two attached hydrogens (primary N) is 1. The lowest BCUT2D eigenvalue weighted by Crippen LogP contribution is -2.59. The van der Waals surface area contributed by atoms with Crippen LogP contribution >= 0.6 is 0 Å². The third kappa shape index (κ3) is 1.33. The Hall–Kier alpha value is -0.590. The van der Waals surface area contributed by atoms with Crippen molar-refractivity contribution in [1.29, 1.82) is 5.26 Å². The number of rotatable bonds is 1. The molecule has 1 fully saturated rings. The number of nitrogens with zero attached hydrogens (tertiary/aromatic N) is 1. The quantitative estimate of drug-likeness (QED) is 0.632. The largest absolute Gasteiger partial charge is 0.378 e. The second-order valence-electron chi connectivity index (χ2n) is 4.60. The third-order valence-corrected chi connectivity index (χ3v) is 2.47. The minimum atomic E-state index is -0.432. The summed E-state index contributed by atoms with van der Waals surface area (Å²) in [5.74, 6) is 0. The van der Waals surface area contributed by atoms with E-state index in [9.17, 15) is 0 Å². The van der Waals surface area contributed by atoms with E-state index in [1.54, 1.807) is 0 Å². The molecule has 3 heteroatoms. The summed E-state index contributed by atoms with van der Waals surface area (Å²) in [6.07, 6.45) is 0. The highest BCUT2D eigenvalue weighted by molar-refractivity contribution is 5.12. The molecule has 1 saturated heterocycles. The topological polar surface area (TPSA) is 59.0 Å². The number of nitriles is 1. The Morgan fingerprint density at radius 3 is 2.08 bits per heavy atom. The van der Waals surface area contributed by atoms with Gasteiger partial charge in [0.1, 0.15) is 5.41 Å². The first kappa shape index (κ1) is 9.50. The van der Waals surface area contributed by atoms with Crippen molar-refractivity contribution in [2.75, 3.05) is 13.2 Å². The molecule has 1 heterocycles. The van der Waals surface area contributed by atoms with Gasteiger partial charge in [-0.2, -0.15) is 5.26 Å². The minimum Gasteiger partial charge on any atom is -0.378 e. The van der Waals surface area contributed by atoms with E-state index in [1.807, 2.05) is 0 Å². The summed E-state index contributed by atoms with van der Waals surface area (Å²) < 4.78 is 5.04. The molecule has 3 nitrogen and oxygen atoms in total. The summed E-state index contributed by atoms with van der Waals surface area (Å²) in [7, 11) is 0. The molecule has 68 valence electrons. The van der Waals surface area contributed by atoms with E-state index in [4.69, 9.17) is 15.7 Å². The van der Waals surface area contributed by atoms with E-state index < -0.39 is 5.41 Å². The average Bonchev–Trinajstić information content (AvgIpc) is 1.84. The highest BCUT2D eigenvalue weighted by atomic mass is 16.5. The van der Waals surface area contributed by atoms with Gasteiger partial charge in [-0.05, 0) is 5.41 Å². The molecule has 0 aromatic carbocycles. The molecule has 0 spiro atoms. The fraction of sp³-hybridized carbons (Fsp3) is 0.889. The van der Waals surface area contributed by atoms with Crippen LogP contribution in [0, 0.1) is 22.2 Å². The van der Waals surface area contributed by atoms with Crippen LogP contribution in [0.3, 0.4) is 0 Å². The molecule has 0 amide bonds. The summed E-state index contributed by atoms with van der Waals surface area (Å²) in [6.45, 7) is 7.13. The Morgan fingerprint density at radius 1 is 1.50 bits per heavy atom. The van der Waals surface area contributed by atoms with E-state index in [0.717, 1.165) is 0 Å². The zero-order valence-electron chi connectivity index (χ0n) is 7.92. The SMILES string of the molecule is CC(C)(C)C(N)C1(C#N)COC1. The predicted octanol–water partition coefficient (Wildman–Crippen LogP) is 0.900. The molecule has 2 N–H and O–H groups in total. The van der Waals surface area contributed by atoms with Crippen LogP contribution in [0.15, 0.2) is 0 Å². The fourth-order valence-corrected chi connectivity index (χ4v) is 1.46. The van der Waals surface area contributed by atoms with Gasteiger partial charge in [0.2, 0.25) is 0 Å². The highest BCUT2D eigenvalue weighted by Crippen LogP contribution is 2.37. The van der Waals surface area contributed by atoms with Gasteiger partial charge in [-0.1, -0.05) is 20.8 Å². The van der Waals surface area contributed by atoms with Gasteiger partial charge >= 0.3 is 0 Å². The van der Waals surface area contributed by atoms with Gasteiger partial charge in [0.05, 0.1) is 19.3 Å². The fourth-order valence-electron chi connectivity index (χ4n) is 1.46. The molecule has 1 unspecified atom stereocenters. The van der Waals surface area contributed by atoms with Gasteiger partial charge in [0.25, 0.3) is 0 Å². The first-order valence-corrected chi connectivity index (χ1v) is 4.17. The maximum Gasteiger partial charge on any atom is 0.119 e. The van der Waals surface area contributed by atoms with Crippen LogP contribution in [-0.2, 0) is 4.74 Å². The second kappa shape index (κ2) is 2.72. The molecule has 0 bridgehead atoms. The van der Waals surface area contributed by atoms with Crippen molar-refractivity contribution >= 4 is 0 Å². The van der Waals surface area contributed by atoms with Crippen molar-refractivity contribution in [2.45, 2.75) is 26.8 Å². The Bertz CT molecular complexity index is 208. The van der Waals surface area contributed by atoms with Gasteiger partial charge in [0.15, 0.2) is 0 Å². The summed E-state index contributed by atoms with van der Waals surface area (Å²) in [5, 5.41) is 8.96. The molecule has 1 rings (SSSR count). The first-order valence-electron chi connectivity index (χ1n) is 4.17. The van der Waals surface area contributed by atoms with E-state index in [-0.39, 0.29) is 11.5 Å². The van der Waals surface area contributed by atoms with Crippen molar-refractivity contribution in [3.05, 3.63) is 0 Å². The molecule has 12 heavy (non-hydrogen) atoms. The van der Waals surface area contributed by atoms with Gasteiger partial charge < -0.3 is 10.5 Å². The highest BCUT2D eigenvalue weighted by Gasteiger charge is 2.48. The Labute approximate surface area is 73.5 Å². The van der Waals surface area contributed by atoms with Crippen molar-refractivity contribution in [2.24, 2.45) is 16.6 Å². The lowest BCUT2D eigenvalue weighted by atomic mass is 9.69. The van der Waals surface area contributed by atoms with Gasteiger partial charge in [-0.15, -0.1) is 0 Å².